The Kier molecular flexibility index (Phi) is 6.40. The number of benzene rings is 2. The Labute approximate surface area is 200 Å². The van der Waals surface area contributed by atoms with Gasteiger partial charge >= 0.3 is 6.18 Å². The van der Waals surface area contributed by atoms with E-state index in [-0.39, 0.29) is 11.6 Å². The van der Waals surface area contributed by atoms with E-state index in [0.717, 1.165) is 23.1 Å². The number of hydrazine groups is 1. The first-order valence-electron chi connectivity index (χ1n) is 10.8. The number of alkyl halides is 3. The fourth-order valence-corrected chi connectivity index (χ4v) is 3.67. The van der Waals surface area contributed by atoms with Gasteiger partial charge in [0.1, 0.15) is 5.65 Å². The number of hydrogen-bond acceptors (Lipinski definition) is 5. The molecule has 0 radical (unpaired) electrons. The van der Waals surface area contributed by atoms with Gasteiger partial charge in [0.2, 0.25) is 0 Å². The van der Waals surface area contributed by atoms with Crippen molar-refractivity contribution in [2.45, 2.75) is 13.1 Å². The van der Waals surface area contributed by atoms with E-state index >= 15 is 0 Å². The van der Waals surface area contributed by atoms with Crippen LogP contribution in [0.5, 0.6) is 0 Å². The molecule has 0 unspecified atom stereocenters. The number of amides is 1. The average Bonchev–Trinajstić information content (AvgIpc) is 3.28. The second kappa shape index (κ2) is 9.30. The van der Waals surface area contributed by atoms with E-state index in [2.05, 4.69) is 20.6 Å². The normalized spacial score (nSPS) is 11.7. The summed E-state index contributed by atoms with van der Waals surface area (Å²) in [5.41, 5.74) is 3.14. The van der Waals surface area contributed by atoms with E-state index in [0.29, 0.717) is 28.3 Å². The van der Waals surface area contributed by atoms with Gasteiger partial charge in [-0.1, -0.05) is 12.1 Å². The summed E-state index contributed by atoms with van der Waals surface area (Å²) in [7, 11) is 5.59. The largest absolute Gasteiger partial charge is 0.416 e. The van der Waals surface area contributed by atoms with Gasteiger partial charge in [0, 0.05) is 56.0 Å². The van der Waals surface area contributed by atoms with E-state index in [4.69, 9.17) is 0 Å². The zero-order valence-electron chi connectivity index (χ0n) is 19.7. The van der Waals surface area contributed by atoms with Crippen LogP contribution in [-0.2, 0) is 6.18 Å². The van der Waals surface area contributed by atoms with Crippen LogP contribution in [-0.4, -0.2) is 42.0 Å². The number of halogens is 3. The van der Waals surface area contributed by atoms with Crippen LogP contribution >= 0.6 is 0 Å². The molecule has 35 heavy (non-hydrogen) atoms. The molecular formula is C25H25F3N6O. The number of fused-ring (bicyclic) bond motifs is 1. The summed E-state index contributed by atoms with van der Waals surface area (Å²) in [5, 5.41) is 10.4. The number of nitrogens with one attached hydrogen (secondary N) is 3. The van der Waals surface area contributed by atoms with Crippen LogP contribution < -0.4 is 15.6 Å². The maximum Gasteiger partial charge on any atom is 0.416 e. The Morgan fingerprint density at radius 1 is 1.03 bits per heavy atom. The molecule has 4 rings (SSSR count). The highest BCUT2D eigenvalue weighted by atomic mass is 19.4. The van der Waals surface area contributed by atoms with Crippen molar-refractivity contribution in [2.75, 3.05) is 36.8 Å². The molecule has 10 heteroatoms. The predicted octanol–water partition coefficient (Wildman–Crippen LogP) is 5.80. The lowest BCUT2D eigenvalue weighted by molar-refractivity contribution is -0.137. The number of aryl methyl sites for hydroxylation is 1. The van der Waals surface area contributed by atoms with Crippen molar-refractivity contribution in [1.82, 2.24) is 15.0 Å². The number of aromatic nitrogens is 2. The highest BCUT2D eigenvalue weighted by Gasteiger charge is 2.30. The second-order valence-corrected chi connectivity index (χ2v) is 8.32. The van der Waals surface area contributed by atoms with Crippen molar-refractivity contribution in [3.63, 3.8) is 0 Å². The maximum atomic E-state index is 13.4. The number of hydrogen-bond donors (Lipinski definition) is 3. The highest BCUT2D eigenvalue weighted by molar-refractivity contribution is 6.12. The van der Waals surface area contributed by atoms with Crippen LogP contribution in [0, 0.1) is 6.92 Å². The highest BCUT2D eigenvalue weighted by Crippen LogP contribution is 2.33. The van der Waals surface area contributed by atoms with E-state index in [1.165, 1.54) is 12.3 Å². The fraction of sp³-hybridized carbons (Fsp3) is 0.200. The van der Waals surface area contributed by atoms with Crippen LogP contribution in [0.4, 0.5) is 35.9 Å². The molecule has 3 N–H and O–H groups in total. The Morgan fingerprint density at radius 2 is 1.77 bits per heavy atom. The average molecular weight is 483 g/mol. The van der Waals surface area contributed by atoms with Crippen molar-refractivity contribution in [3.8, 4) is 0 Å². The molecule has 0 atom stereocenters. The first kappa shape index (κ1) is 24.1. The van der Waals surface area contributed by atoms with Crippen LogP contribution in [0.3, 0.4) is 0 Å². The minimum absolute atomic E-state index is 0.290. The molecule has 0 aliphatic carbocycles. The Bertz CT molecular complexity index is 1380. The molecule has 4 aromatic rings. The number of carbonyl (C=O) groups is 1. The lowest BCUT2D eigenvalue weighted by Gasteiger charge is -2.28. The minimum Gasteiger partial charge on any atom is -0.355 e. The smallest absolute Gasteiger partial charge is 0.355 e. The molecule has 182 valence electrons. The van der Waals surface area contributed by atoms with Crippen LogP contribution in [0.25, 0.3) is 11.0 Å². The standard InChI is InChI=1S/C25H25F3N6O/c1-15-8-9-18(31-17-7-5-6-16(12-17)25(26,27)28)13-21(15)32-24(35)20-14-30-23-19(10-11-29-23)22(20)34(4)33(2)3/h5-14,31H,1-4H3,(H,29,30)(H,32,35). The number of H-pyrrole nitrogens is 1. The third kappa shape index (κ3) is 5.07. The van der Waals surface area contributed by atoms with Crippen LogP contribution in [0.2, 0.25) is 0 Å². The number of rotatable bonds is 6. The van der Waals surface area contributed by atoms with Gasteiger partial charge in [-0.25, -0.2) is 9.99 Å². The van der Waals surface area contributed by atoms with Crippen LogP contribution in [0.1, 0.15) is 21.5 Å². The van der Waals surface area contributed by atoms with Gasteiger partial charge in [0.25, 0.3) is 5.91 Å². The molecule has 0 aliphatic rings. The SMILES string of the molecule is Cc1ccc(Nc2cccc(C(F)(F)F)c2)cc1NC(=O)c1cnc2[nH]ccc2c1N(C)N(C)C. The van der Waals surface area contributed by atoms with Crippen LogP contribution in [0.15, 0.2) is 60.9 Å². The first-order chi connectivity index (χ1) is 16.5. The van der Waals surface area contributed by atoms with Crippen molar-refractivity contribution < 1.29 is 18.0 Å². The number of pyridine rings is 1. The molecule has 2 aromatic heterocycles. The lowest BCUT2D eigenvalue weighted by atomic mass is 10.1. The molecular weight excluding hydrogens is 457 g/mol. The van der Waals surface area contributed by atoms with E-state index in [1.54, 1.807) is 30.5 Å². The van der Waals surface area contributed by atoms with Gasteiger partial charge in [-0.15, -0.1) is 0 Å². The van der Waals surface area contributed by atoms with Gasteiger partial charge in [-0.05, 0) is 48.9 Å². The third-order valence-corrected chi connectivity index (χ3v) is 5.69. The van der Waals surface area contributed by atoms with Gasteiger partial charge in [-0.3, -0.25) is 4.79 Å². The Hall–Kier alpha value is -4.05. The second-order valence-electron chi connectivity index (χ2n) is 8.32. The Morgan fingerprint density at radius 3 is 2.49 bits per heavy atom. The monoisotopic (exact) mass is 482 g/mol. The van der Waals surface area contributed by atoms with E-state index < -0.39 is 11.7 Å². The molecule has 0 saturated heterocycles. The van der Waals surface area contributed by atoms with E-state index in [9.17, 15) is 18.0 Å². The molecule has 0 aliphatic heterocycles. The summed E-state index contributed by atoms with van der Waals surface area (Å²) in [6.45, 7) is 1.84. The van der Waals surface area contributed by atoms with Crippen molar-refractivity contribution in [3.05, 3.63) is 77.6 Å². The molecule has 0 saturated carbocycles. The topological polar surface area (TPSA) is 76.3 Å². The minimum atomic E-state index is -4.43. The number of anilines is 4. The number of aromatic amines is 1. The zero-order valence-corrected chi connectivity index (χ0v) is 19.7. The van der Waals surface area contributed by atoms with E-state index in [1.807, 2.05) is 44.2 Å². The predicted molar refractivity (Wildman–Crippen MR) is 132 cm³/mol. The maximum absolute atomic E-state index is 13.4. The molecule has 2 aromatic carbocycles. The lowest BCUT2D eigenvalue weighted by Crippen LogP contribution is -2.34. The molecule has 1 amide bonds. The summed E-state index contributed by atoms with van der Waals surface area (Å²) in [6, 6.07) is 12.0. The number of carbonyl (C=O) groups excluding carboxylic acids is 1. The van der Waals surface area contributed by atoms with Gasteiger partial charge in [-0.2, -0.15) is 13.2 Å². The quantitative estimate of drug-likeness (QED) is 0.303. The molecule has 0 bridgehead atoms. The molecule has 7 nitrogen and oxygen atoms in total. The zero-order chi connectivity index (χ0) is 25.3. The third-order valence-electron chi connectivity index (χ3n) is 5.69. The van der Waals surface area contributed by atoms with Gasteiger partial charge in [0.15, 0.2) is 0 Å². The summed E-state index contributed by atoms with van der Waals surface area (Å²) in [6.07, 6.45) is -1.15. The van der Waals surface area contributed by atoms with Gasteiger partial charge in [0.05, 0.1) is 16.8 Å². The number of nitrogens with zero attached hydrogens (tertiary/aromatic N) is 3. The fourth-order valence-electron chi connectivity index (χ4n) is 3.67. The van der Waals surface area contributed by atoms with Gasteiger partial charge < -0.3 is 20.6 Å². The summed E-state index contributed by atoms with van der Waals surface area (Å²) in [5.74, 6) is -0.358. The van der Waals surface area contributed by atoms with Crippen molar-refractivity contribution in [1.29, 1.82) is 0 Å². The summed E-state index contributed by atoms with van der Waals surface area (Å²) < 4.78 is 39.2. The first-order valence-corrected chi connectivity index (χ1v) is 10.8. The van der Waals surface area contributed by atoms with Crippen molar-refractivity contribution in [2.24, 2.45) is 0 Å². The molecule has 0 spiro atoms. The van der Waals surface area contributed by atoms with Crippen molar-refractivity contribution >= 4 is 39.7 Å². The molecule has 0 fully saturated rings. The molecule has 2 heterocycles. The summed E-state index contributed by atoms with van der Waals surface area (Å²) >= 11 is 0. The summed E-state index contributed by atoms with van der Waals surface area (Å²) in [4.78, 5) is 20.8. The Balaban J connectivity index is 1.63.